The van der Waals surface area contributed by atoms with Gasteiger partial charge in [-0.3, -0.25) is 4.79 Å². The van der Waals surface area contributed by atoms with Crippen LogP contribution in [0.15, 0.2) is 30.3 Å². The summed E-state index contributed by atoms with van der Waals surface area (Å²) < 4.78 is 5.66. The number of halogens is 1. The number of hydrogen-bond donors (Lipinski definition) is 1. The lowest BCUT2D eigenvalue weighted by Gasteiger charge is -2.19. The summed E-state index contributed by atoms with van der Waals surface area (Å²) in [6.07, 6.45) is 0.670. The number of aromatic hydroxyl groups is 1. The summed E-state index contributed by atoms with van der Waals surface area (Å²) in [6, 6.07) is 9.47. The van der Waals surface area contributed by atoms with Crippen LogP contribution in [-0.2, 0) is 11.2 Å². The maximum absolute atomic E-state index is 11.8. The third-order valence-corrected chi connectivity index (χ3v) is 5.12. The fourth-order valence-electron chi connectivity index (χ4n) is 3.07. The lowest BCUT2D eigenvalue weighted by atomic mass is 9.91. The molecular weight excluding hydrogens is 374 g/mol. The molecule has 0 saturated carbocycles. The molecule has 0 aliphatic rings. The van der Waals surface area contributed by atoms with E-state index in [4.69, 9.17) is 16.3 Å². The second-order valence-electron chi connectivity index (χ2n) is 7.93. The Balaban J connectivity index is 2.34. The molecule has 28 heavy (non-hydrogen) atoms. The molecule has 0 unspecified atom stereocenters. The number of benzene rings is 2. The molecular formula is C23H30ClNO3. The molecule has 0 radical (unpaired) electrons. The van der Waals surface area contributed by atoms with Gasteiger partial charge in [0.25, 0.3) is 5.91 Å². The van der Waals surface area contributed by atoms with E-state index in [0.717, 1.165) is 22.3 Å². The van der Waals surface area contributed by atoms with Crippen molar-refractivity contribution < 1.29 is 14.6 Å². The van der Waals surface area contributed by atoms with Crippen molar-refractivity contribution in [1.82, 2.24) is 4.90 Å². The summed E-state index contributed by atoms with van der Waals surface area (Å²) in [6.45, 7) is 8.33. The molecule has 152 valence electrons. The lowest BCUT2D eigenvalue weighted by Crippen LogP contribution is -2.27. The number of carbonyl (C=O) groups is 1. The molecule has 0 saturated heterocycles. The van der Waals surface area contributed by atoms with E-state index in [-0.39, 0.29) is 24.3 Å². The third-order valence-electron chi connectivity index (χ3n) is 4.78. The number of carbonyl (C=O) groups excluding carboxylic acids is 1. The molecule has 1 amide bonds. The standard InChI is InChI=1S/C23H30ClNO3/c1-14(2)18-11-17(28-13-23(27)25(5)6)12-21(24)20(18)10-16-7-8-22(26)19(9-16)15(3)4/h7-9,11-12,14-15,26H,10,13H2,1-6H3. The first-order chi connectivity index (χ1) is 13.1. The molecule has 1 N–H and O–H groups in total. The van der Waals surface area contributed by atoms with Gasteiger partial charge in [-0.1, -0.05) is 51.4 Å². The molecule has 0 heterocycles. The number of amides is 1. The number of phenols is 1. The van der Waals surface area contributed by atoms with Gasteiger partial charge in [-0.2, -0.15) is 0 Å². The van der Waals surface area contributed by atoms with Gasteiger partial charge in [-0.05, 0) is 58.7 Å². The van der Waals surface area contributed by atoms with Crippen molar-refractivity contribution in [2.45, 2.75) is 46.0 Å². The smallest absolute Gasteiger partial charge is 0.259 e. The molecule has 0 spiro atoms. The molecule has 0 aliphatic carbocycles. The maximum Gasteiger partial charge on any atom is 0.259 e. The van der Waals surface area contributed by atoms with Crippen LogP contribution in [0.3, 0.4) is 0 Å². The SMILES string of the molecule is CC(C)c1cc(Cc2c(Cl)cc(OCC(=O)N(C)C)cc2C(C)C)ccc1O. The van der Waals surface area contributed by atoms with Crippen molar-refractivity contribution in [3.63, 3.8) is 0 Å². The molecule has 2 rings (SSSR count). The van der Waals surface area contributed by atoms with E-state index >= 15 is 0 Å². The Morgan fingerprint density at radius 1 is 1.07 bits per heavy atom. The zero-order chi connectivity index (χ0) is 21.0. The quantitative estimate of drug-likeness (QED) is 0.677. The van der Waals surface area contributed by atoms with Crippen molar-refractivity contribution in [2.75, 3.05) is 20.7 Å². The van der Waals surface area contributed by atoms with Crippen LogP contribution in [0.1, 0.15) is 61.8 Å². The summed E-state index contributed by atoms with van der Waals surface area (Å²) in [7, 11) is 3.40. The van der Waals surface area contributed by atoms with Gasteiger partial charge < -0.3 is 14.7 Å². The van der Waals surface area contributed by atoms with E-state index in [1.54, 1.807) is 26.2 Å². The summed E-state index contributed by atoms with van der Waals surface area (Å²) in [5, 5.41) is 10.7. The second kappa shape index (κ2) is 9.33. The van der Waals surface area contributed by atoms with Crippen molar-refractivity contribution in [2.24, 2.45) is 0 Å². The minimum atomic E-state index is -0.100. The molecule has 5 heteroatoms. The number of hydrogen-bond acceptors (Lipinski definition) is 3. The van der Waals surface area contributed by atoms with Crippen LogP contribution >= 0.6 is 11.6 Å². The summed E-state index contributed by atoms with van der Waals surface area (Å²) in [5.74, 6) is 1.31. The predicted octanol–water partition coefficient (Wildman–Crippen LogP) is 5.35. The zero-order valence-corrected chi connectivity index (χ0v) is 18.3. The Morgan fingerprint density at radius 2 is 1.71 bits per heavy atom. The molecule has 2 aromatic carbocycles. The highest BCUT2D eigenvalue weighted by Crippen LogP contribution is 2.34. The van der Waals surface area contributed by atoms with Gasteiger partial charge in [0.05, 0.1) is 0 Å². The average Bonchev–Trinajstić information content (AvgIpc) is 2.62. The molecule has 0 aromatic heterocycles. The van der Waals surface area contributed by atoms with Gasteiger partial charge in [-0.15, -0.1) is 0 Å². The summed E-state index contributed by atoms with van der Waals surface area (Å²) in [4.78, 5) is 13.3. The van der Waals surface area contributed by atoms with Gasteiger partial charge in [-0.25, -0.2) is 0 Å². The Hall–Kier alpha value is -2.20. The Labute approximate surface area is 173 Å². The van der Waals surface area contributed by atoms with E-state index in [9.17, 15) is 9.90 Å². The molecule has 0 fully saturated rings. The first-order valence-corrected chi connectivity index (χ1v) is 9.95. The van der Waals surface area contributed by atoms with Crippen LogP contribution in [0.4, 0.5) is 0 Å². The molecule has 4 nitrogen and oxygen atoms in total. The minimum Gasteiger partial charge on any atom is -0.508 e. The Morgan fingerprint density at radius 3 is 2.29 bits per heavy atom. The highest BCUT2D eigenvalue weighted by atomic mass is 35.5. The average molecular weight is 404 g/mol. The number of ether oxygens (including phenoxy) is 1. The number of nitrogens with zero attached hydrogens (tertiary/aromatic N) is 1. The number of rotatable bonds is 7. The lowest BCUT2D eigenvalue weighted by molar-refractivity contribution is -0.130. The van der Waals surface area contributed by atoms with Crippen LogP contribution in [0, 0.1) is 0 Å². The fourth-order valence-corrected chi connectivity index (χ4v) is 3.36. The molecule has 0 atom stereocenters. The van der Waals surface area contributed by atoms with Crippen molar-refractivity contribution in [1.29, 1.82) is 0 Å². The van der Waals surface area contributed by atoms with E-state index in [1.165, 1.54) is 4.90 Å². The largest absolute Gasteiger partial charge is 0.508 e. The summed E-state index contributed by atoms with van der Waals surface area (Å²) >= 11 is 6.62. The van der Waals surface area contributed by atoms with Crippen LogP contribution < -0.4 is 4.74 Å². The number of likely N-dealkylation sites (N-methyl/N-ethyl adjacent to an activating group) is 1. The van der Waals surface area contributed by atoms with Gasteiger partial charge in [0.2, 0.25) is 0 Å². The van der Waals surface area contributed by atoms with Crippen molar-refractivity contribution in [3.8, 4) is 11.5 Å². The van der Waals surface area contributed by atoms with Crippen LogP contribution in [0.25, 0.3) is 0 Å². The molecule has 0 bridgehead atoms. The fraction of sp³-hybridized carbons (Fsp3) is 0.435. The van der Waals surface area contributed by atoms with E-state index in [2.05, 4.69) is 27.7 Å². The van der Waals surface area contributed by atoms with Gasteiger partial charge >= 0.3 is 0 Å². The third kappa shape index (κ3) is 5.41. The van der Waals surface area contributed by atoms with Crippen LogP contribution in [-0.4, -0.2) is 36.6 Å². The van der Waals surface area contributed by atoms with Crippen LogP contribution in [0.5, 0.6) is 11.5 Å². The highest BCUT2D eigenvalue weighted by molar-refractivity contribution is 6.31. The van der Waals surface area contributed by atoms with Gasteiger partial charge in [0.1, 0.15) is 11.5 Å². The van der Waals surface area contributed by atoms with Crippen LogP contribution in [0.2, 0.25) is 5.02 Å². The predicted molar refractivity (Wildman–Crippen MR) is 115 cm³/mol. The van der Waals surface area contributed by atoms with Crippen molar-refractivity contribution >= 4 is 17.5 Å². The van der Waals surface area contributed by atoms with Gasteiger partial charge in [0, 0.05) is 19.1 Å². The monoisotopic (exact) mass is 403 g/mol. The topological polar surface area (TPSA) is 49.8 Å². The number of phenolic OH excluding ortho intramolecular Hbond substituents is 1. The second-order valence-corrected chi connectivity index (χ2v) is 8.34. The Bertz CT molecular complexity index is 844. The van der Waals surface area contributed by atoms with E-state index in [1.807, 2.05) is 18.2 Å². The normalized spacial score (nSPS) is 11.2. The van der Waals surface area contributed by atoms with Gasteiger partial charge in [0.15, 0.2) is 6.61 Å². The van der Waals surface area contributed by atoms with Crippen molar-refractivity contribution in [3.05, 3.63) is 57.6 Å². The maximum atomic E-state index is 11.8. The molecule has 0 aliphatic heterocycles. The minimum absolute atomic E-state index is 0.0179. The first kappa shape index (κ1) is 22.1. The zero-order valence-electron chi connectivity index (χ0n) is 17.5. The van der Waals surface area contributed by atoms with E-state index < -0.39 is 0 Å². The van der Waals surface area contributed by atoms with E-state index in [0.29, 0.717) is 22.9 Å². The molecule has 2 aromatic rings. The highest BCUT2D eigenvalue weighted by Gasteiger charge is 2.16. The summed E-state index contributed by atoms with van der Waals surface area (Å²) in [5.41, 5.74) is 4.17. The first-order valence-electron chi connectivity index (χ1n) is 9.57. The Kier molecular flexibility index (Phi) is 7.36.